The molecule has 1 fully saturated rings. The minimum absolute atomic E-state index is 0.0104. The first-order valence-electron chi connectivity index (χ1n) is 6.47. The zero-order chi connectivity index (χ0) is 13.8. The first-order valence-corrected chi connectivity index (χ1v) is 7.46. The van der Waals surface area contributed by atoms with E-state index in [1.165, 1.54) is 11.8 Å². The van der Waals surface area contributed by atoms with Gasteiger partial charge in [0.25, 0.3) is 0 Å². The second-order valence-electron chi connectivity index (χ2n) is 4.69. The van der Waals surface area contributed by atoms with E-state index < -0.39 is 5.97 Å². The lowest BCUT2D eigenvalue weighted by Gasteiger charge is -2.18. The molecule has 0 spiro atoms. The third-order valence-electron chi connectivity index (χ3n) is 3.39. The van der Waals surface area contributed by atoms with Gasteiger partial charge in [-0.15, -0.1) is 10.2 Å². The molecule has 2 rings (SSSR count). The molecule has 0 bridgehead atoms. The Morgan fingerprint density at radius 1 is 1.58 bits per heavy atom. The van der Waals surface area contributed by atoms with Crippen LogP contribution in [0.4, 0.5) is 0 Å². The molecule has 1 aromatic rings. The van der Waals surface area contributed by atoms with Crippen LogP contribution in [-0.2, 0) is 16.1 Å². The van der Waals surface area contributed by atoms with Gasteiger partial charge in [0.2, 0.25) is 0 Å². The van der Waals surface area contributed by atoms with E-state index in [-0.39, 0.29) is 5.75 Å². The molecule has 106 valence electrons. The smallest absolute Gasteiger partial charge is 0.313 e. The summed E-state index contributed by atoms with van der Waals surface area (Å²) in [5.74, 6) is 0.461. The number of thioether (sulfide) groups is 1. The number of hydrogen-bond donors (Lipinski definition) is 1. The van der Waals surface area contributed by atoms with Gasteiger partial charge in [0.05, 0.1) is 11.9 Å². The van der Waals surface area contributed by atoms with Crippen LogP contribution in [0.25, 0.3) is 0 Å². The molecular weight excluding hydrogens is 266 g/mol. The molecule has 0 radical (unpaired) electrons. The maximum Gasteiger partial charge on any atom is 0.313 e. The summed E-state index contributed by atoms with van der Waals surface area (Å²) in [5.41, 5.74) is 0. The van der Waals surface area contributed by atoms with Crippen LogP contribution in [0, 0.1) is 12.8 Å². The number of aromatic nitrogens is 3. The number of nitrogens with zero attached hydrogens (tertiary/aromatic N) is 3. The monoisotopic (exact) mass is 285 g/mol. The molecule has 1 saturated heterocycles. The third kappa shape index (κ3) is 3.48. The Bertz CT molecular complexity index is 449. The highest BCUT2D eigenvalue weighted by molar-refractivity contribution is 7.99. The zero-order valence-electron chi connectivity index (χ0n) is 11.2. The molecule has 0 saturated carbocycles. The fourth-order valence-corrected chi connectivity index (χ4v) is 3.11. The molecule has 1 aromatic heterocycles. The maximum absolute atomic E-state index is 10.6. The number of carbonyl (C=O) groups is 1. The molecule has 1 N–H and O–H groups in total. The molecule has 1 aliphatic heterocycles. The zero-order valence-corrected chi connectivity index (χ0v) is 12.0. The van der Waals surface area contributed by atoms with Gasteiger partial charge in [0.1, 0.15) is 5.82 Å². The standard InChI is InChI=1S/C12H19N3O3S/c1-3-10-9(4-5-18-10)6-15-8(2)13-14-12(15)19-7-11(16)17/h9-10H,3-7H2,1-2H3,(H,16,17). The molecule has 2 heterocycles. The molecule has 1 aliphatic rings. The van der Waals surface area contributed by atoms with Crippen LogP contribution >= 0.6 is 11.8 Å². The van der Waals surface area contributed by atoms with Crippen LogP contribution in [0.5, 0.6) is 0 Å². The number of hydrogen-bond acceptors (Lipinski definition) is 5. The summed E-state index contributed by atoms with van der Waals surface area (Å²) < 4.78 is 7.70. The van der Waals surface area contributed by atoms with Gasteiger partial charge in [0.15, 0.2) is 5.16 Å². The molecule has 6 nitrogen and oxygen atoms in total. The largest absolute Gasteiger partial charge is 0.481 e. The summed E-state index contributed by atoms with van der Waals surface area (Å²) in [7, 11) is 0. The van der Waals surface area contributed by atoms with Gasteiger partial charge < -0.3 is 14.4 Å². The lowest BCUT2D eigenvalue weighted by molar-refractivity contribution is -0.133. The van der Waals surface area contributed by atoms with Crippen molar-refractivity contribution in [3.8, 4) is 0 Å². The van der Waals surface area contributed by atoms with Crippen LogP contribution in [0.1, 0.15) is 25.6 Å². The van der Waals surface area contributed by atoms with E-state index in [4.69, 9.17) is 9.84 Å². The highest BCUT2D eigenvalue weighted by Crippen LogP contribution is 2.27. The molecule has 19 heavy (non-hydrogen) atoms. The van der Waals surface area contributed by atoms with Crippen molar-refractivity contribution in [3.63, 3.8) is 0 Å². The van der Waals surface area contributed by atoms with Crippen LogP contribution in [-0.4, -0.2) is 44.3 Å². The topological polar surface area (TPSA) is 77.2 Å². The average molecular weight is 285 g/mol. The van der Waals surface area contributed by atoms with Gasteiger partial charge in [-0.3, -0.25) is 4.79 Å². The Morgan fingerprint density at radius 3 is 3.05 bits per heavy atom. The van der Waals surface area contributed by atoms with Crippen molar-refractivity contribution in [2.75, 3.05) is 12.4 Å². The van der Waals surface area contributed by atoms with Gasteiger partial charge in [-0.1, -0.05) is 18.7 Å². The lowest BCUT2D eigenvalue weighted by atomic mass is 10.00. The Hall–Kier alpha value is -1.08. The van der Waals surface area contributed by atoms with Gasteiger partial charge >= 0.3 is 5.97 Å². The highest BCUT2D eigenvalue weighted by atomic mass is 32.2. The van der Waals surface area contributed by atoms with Crippen molar-refractivity contribution in [1.29, 1.82) is 0 Å². The van der Waals surface area contributed by atoms with E-state index in [1.807, 2.05) is 11.5 Å². The van der Waals surface area contributed by atoms with Crippen LogP contribution < -0.4 is 0 Å². The van der Waals surface area contributed by atoms with Crippen molar-refractivity contribution >= 4 is 17.7 Å². The summed E-state index contributed by atoms with van der Waals surface area (Å²) in [6.07, 6.45) is 2.34. The summed E-state index contributed by atoms with van der Waals surface area (Å²) in [4.78, 5) is 10.6. The number of aryl methyl sites for hydroxylation is 1. The molecule has 7 heteroatoms. The van der Waals surface area contributed by atoms with Crippen molar-refractivity contribution in [2.45, 2.75) is 44.5 Å². The quantitative estimate of drug-likeness (QED) is 0.800. The minimum atomic E-state index is -0.840. The summed E-state index contributed by atoms with van der Waals surface area (Å²) in [5, 5.41) is 17.5. The molecule has 2 unspecified atom stereocenters. The number of rotatable bonds is 6. The normalized spacial score (nSPS) is 22.8. The first-order chi connectivity index (χ1) is 9.11. The van der Waals surface area contributed by atoms with Crippen molar-refractivity contribution in [1.82, 2.24) is 14.8 Å². The van der Waals surface area contributed by atoms with E-state index in [9.17, 15) is 4.79 Å². The second-order valence-corrected chi connectivity index (χ2v) is 5.63. The highest BCUT2D eigenvalue weighted by Gasteiger charge is 2.28. The molecule has 0 aliphatic carbocycles. The van der Waals surface area contributed by atoms with Gasteiger partial charge in [0, 0.05) is 19.1 Å². The van der Waals surface area contributed by atoms with Gasteiger partial charge in [-0.25, -0.2) is 0 Å². The predicted octanol–water partition coefficient (Wildman–Crippen LogP) is 1.58. The Morgan fingerprint density at radius 2 is 2.37 bits per heavy atom. The third-order valence-corrected chi connectivity index (χ3v) is 4.34. The molecule has 2 atom stereocenters. The van der Waals surface area contributed by atoms with Crippen LogP contribution in [0.2, 0.25) is 0 Å². The van der Waals surface area contributed by atoms with Gasteiger partial charge in [-0.2, -0.15) is 0 Å². The SMILES string of the molecule is CCC1OCCC1Cn1c(C)nnc1SCC(=O)O. The first kappa shape index (κ1) is 14.3. The summed E-state index contributed by atoms with van der Waals surface area (Å²) >= 11 is 1.22. The number of carboxylic acid groups (broad SMARTS) is 1. The fraction of sp³-hybridized carbons (Fsp3) is 0.750. The van der Waals surface area contributed by atoms with E-state index in [2.05, 4.69) is 17.1 Å². The Balaban J connectivity index is 2.06. The molecule has 0 aromatic carbocycles. The predicted molar refractivity (Wildman–Crippen MR) is 71.3 cm³/mol. The average Bonchev–Trinajstić information content (AvgIpc) is 2.96. The fourth-order valence-electron chi connectivity index (χ4n) is 2.39. The van der Waals surface area contributed by atoms with E-state index in [0.717, 1.165) is 31.8 Å². The Kier molecular flexibility index (Phi) is 4.81. The lowest BCUT2D eigenvalue weighted by Crippen LogP contribution is -2.21. The number of aliphatic carboxylic acids is 1. The van der Waals surface area contributed by atoms with Gasteiger partial charge in [-0.05, 0) is 19.8 Å². The molecular formula is C12H19N3O3S. The number of carboxylic acids is 1. The molecule has 0 amide bonds. The number of ether oxygens (including phenoxy) is 1. The van der Waals surface area contributed by atoms with E-state index in [0.29, 0.717) is 17.2 Å². The maximum atomic E-state index is 10.6. The summed E-state index contributed by atoms with van der Waals surface area (Å²) in [6, 6.07) is 0. The second kappa shape index (κ2) is 6.38. The van der Waals surface area contributed by atoms with Crippen molar-refractivity contribution < 1.29 is 14.6 Å². The minimum Gasteiger partial charge on any atom is -0.481 e. The summed E-state index contributed by atoms with van der Waals surface area (Å²) in [6.45, 7) is 5.64. The van der Waals surface area contributed by atoms with Crippen molar-refractivity contribution in [3.05, 3.63) is 5.82 Å². The van der Waals surface area contributed by atoms with E-state index in [1.54, 1.807) is 0 Å². The van der Waals surface area contributed by atoms with Crippen molar-refractivity contribution in [2.24, 2.45) is 5.92 Å². The van der Waals surface area contributed by atoms with Crippen LogP contribution in [0.15, 0.2) is 5.16 Å². The Labute approximate surface area is 116 Å². The van der Waals surface area contributed by atoms with E-state index >= 15 is 0 Å². The van der Waals surface area contributed by atoms with Crippen LogP contribution in [0.3, 0.4) is 0 Å².